The van der Waals surface area contributed by atoms with E-state index in [1.807, 2.05) is 18.2 Å². The summed E-state index contributed by atoms with van der Waals surface area (Å²) in [6.45, 7) is 4.18. The zero-order valence-corrected chi connectivity index (χ0v) is 12.3. The van der Waals surface area contributed by atoms with Gasteiger partial charge in [-0.05, 0) is 43.5 Å². The molecule has 1 heterocycles. The molecule has 1 atom stereocenters. The van der Waals surface area contributed by atoms with E-state index in [4.69, 9.17) is 0 Å². The van der Waals surface area contributed by atoms with E-state index in [9.17, 15) is 4.79 Å². The van der Waals surface area contributed by atoms with Crippen molar-refractivity contribution in [1.29, 1.82) is 0 Å². The molecule has 1 aliphatic heterocycles. The Labute approximate surface area is 121 Å². The highest BCUT2D eigenvalue weighted by Crippen LogP contribution is 2.19. The summed E-state index contributed by atoms with van der Waals surface area (Å²) < 4.78 is 0. The predicted octanol–water partition coefficient (Wildman–Crippen LogP) is 3.00. The minimum atomic E-state index is 0. The third-order valence-corrected chi connectivity index (χ3v) is 3.45. The molecule has 19 heavy (non-hydrogen) atoms. The van der Waals surface area contributed by atoms with E-state index in [0.29, 0.717) is 12.3 Å². The predicted molar refractivity (Wildman–Crippen MR) is 81.9 cm³/mol. The van der Waals surface area contributed by atoms with Crippen LogP contribution in [0.3, 0.4) is 0 Å². The minimum Gasteiger partial charge on any atom is -0.326 e. The molecule has 1 unspecified atom stereocenters. The van der Waals surface area contributed by atoms with Crippen LogP contribution in [-0.4, -0.2) is 19.0 Å². The quantitative estimate of drug-likeness (QED) is 0.872. The average Bonchev–Trinajstić information content (AvgIpc) is 2.84. The average molecular weight is 283 g/mol. The van der Waals surface area contributed by atoms with Crippen molar-refractivity contribution in [2.75, 3.05) is 18.4 Å². The van der Waals surface area contributed by atoms with Crippen LogP contribution in [0.2, 0.25) is 0 Å². The van der Waals surface area contributed by atoms with E-state index < -0.39 is 0 Å². The van der Waals surface area contributed by atoms with Crippen LogP contribution in [0.4, 0.5) is 5.69 Å². The molecule has 1 amide bonds. The second-order valence-corrected chi connectivity index (χ2v) is 5.02. The molecule has 1 fully saturated rings. The molecular weight excluding hydrogens is 260 g/mol. The fraction of sp³-hybridized carbons (Fsp3) is 0.533. The van der Waals surface area contributed by atoms with Crippen molar-refractivity contribution in [2.45, 2.75) is 32.6 Å². The fourth-order valence-corrected chi connectivity index (χ4v) is 2.48. The monoisotopic (exact) mass is 282 g/mol. The number of benzene rings is 1. The zero-order valence-electron chi connectivity index (χ0n) is 11.4. The molecule has 0 spiro atoms. The van der Waals surface area contributed by atoms with Crippen molar-refractivity contribution < 1.29 is 4.79 Å². The van der Waals surface area contributed by atoms with Gasteiger partial charge in [-0.25, -0.2) is 0 Å². The second kappa shape index (κ2) is 8.18. The molecule has 4 heteroatoms. The van der Waals surface area contributed by atoms with Crippen LogP contribution in [0.25, 0.3) is 0 Å². The largest absolute Gasteiger partial charge is 0.326 e. The van der Waals surface area contributed by atoms with Gasteiger partial charge in [0.2, 0.25) is 5.91 Å². The molecule has 2 N–H and O–H groups in total. The summed E-state index contributed by atoms with van der Waals surface area (Å²) in [5.41, 5.74) is 2.22. The van der Waals surface area contributed by atoms with Crippen molar-refractivity contribution in [3.05, 3.63) is 29.8 Å². The Balaban J connectivity index is 0.00000180. The molecule has 0 aliphatic carbocycles. The molecule has 1 aromatic carbocycles. The van der Waals surface area contributed by atoms with Gasteiger partial charge in [0.25, 0.3) is 0 Å². The number of carbonyl (C=O) groups excluding carboxylic acids is 1. The van der Waals surface area contributed by atoms with E-state index >= 15 is 0 Å². The van der Waals surface area contributed by atoms with Crippen molar-refractivity contribution in [2.24, 2.45) is 5.92 Å². The number of aryl methyl sites for hydroxylation is 1. The third kappa shape index (κ3) is 4.84. The number of hydrogen-bond donors (Lipinski definition) is 2. The summed E-state index contributed by atoms with van der Waals surface area (Å²) in [5, 5.41) is 6.35. The lowest BCUT2D eigenvalue weighted by Crippen LogP contribution is -2.19. The van der Waals surface area contributed by atoms with Crippen molar-refractivity contribution in [3.63, 3.8) is 0 Å². The molecule has 0 radical (unpaired) electrons. The molecule has 1 aliphatic rings. The number of hydrogen-bond acceptors (Lipinski definition) is 2. The number of halogens is 1. The Morgan fingerprint density at radius 3 is 2.89 bits per heavy atom. The Morgan fingerprint density at radius 2 is 2.21 bits per heavy atom. The first-order valence-electron chi connectivity index (χ1n) is 6.88. The van der Waals surface area contributed by atoms with E-state index in [1.165, 1.54) is 5.56 Å². The number of para-hydroxylation sites is 1. The van der Waals surface area contributed by atoms with Gasteiger partial charge < -0.3 is 10.6 Å². The Hall–Kier alpha value is -1.06. The van der Waals surface area contributed by atoms with Gasteiger partial charge in [-0.1, -0.05) is 31.5 Å². The second-order valence-electron chi connectivity index (χ2n) is 5.02. The van der Waals surface area contributed by atoms with Crippen LogP contribution in [-0.2, 0) is 11.2 Å². The summed E-state index contributed by atoms with van der Waals surface area (Å²) >= 11 is 0. The van der Waals surface area contributed by atoms with Gasteiger partial charge in [0, 0.05) is 12.1 Å². The summed E-state index contributed by atoms with van der Waals surface area (Å²) in [4.78, 5) is 12.0. The lowest BCUT2D eigenvalue weighted by Gasteiger charge is -2.12. The van der Waals surface area contributed by atoms with Gasteiger partial charge in [0.1, 0.15) is 0 Å². The third-order valence-electron chi connectivity index (χ3n) is 3.45. The molecule has 0 bridgehead atoms. The van der Waals surface area contributed by atoms with E-state index in [2.05, 4.69) is 23.6 Å². The van der Waals surface area contributed by atoms with E-state index in [-0.39, 0.29) is 18.3 Å². The molecule has 2 rings (SSSR count). The highest BCUT2D eigenvalue weighted by atomic mass is 35.5. The van der Waals surface area contributed by atoms with Gasteiger partial charge >= 0.3 is 0 Å². The maximum absolute atomic E-state index is 12.0. The first-order chi connectivity index (χ1) is 8.79. The molecule has 1 saturated heterocycles. The highest BCUT2D eigenvalue weighted by Gasteiger charge is 2.18. The summed E-state index contributed by atoms with van der Waals surface area (Å²) in [6.07, 6.45) is 3.86. The van der Waals surface area contributed by atoms with Gasteiger partial charge in [-0.2, -0.15) is 0 Å². The molecule has 0 saturated carbocycles. The topological polar surface area (TPSA) is 41.1 Å². The van der Waals surface area contributed by atoms with Crippen LogP contribution >= 0.6 is 12.4 Å². The maximum atomic E-state index is 12.0. The first-order valence-corrected chi connectivity index (χ1v) is 6.88. The fourth-order valence-electron chi connectivity index (χ4n) is 2.48. The molecule has 1 aromatic rings. The normalized spacial score (nSPS) is 17.8. The van der Waals surface area contributed by atoms with Gasteiger partial charge in [-0.15, -0.1) is 12.4 Å². The van der Waals surface area contributed by atoms with Crippen molar-refractivity contribution in [3.8, 4) is 0 Å². The number of carbonyl (C=O) groups is 1. The highest BCUT2D eigenvalue weighted by molar-refractivity contribution is 5.91. The number of rotatable bonds is 5. The Kier molecular flexibility index (Phi) is 6.89. The molecule has 106 valence electrons. The number of anilines is 1. The standard InChI is InChI=1S/C15H22N2O.ClH/c1-2-5-13-6-3-4-7-14(13)17-15(18)10-12-8-9-16-11-12;/h3-4,6-7,12,16H,2,5,8-11H2,1H3,(H,17,18);1H. The van der Waals surface area contributed by atoms with Crippen LogP contribution in [0.15, 0.2) is 24.3 Å². The summed E-state index contributed by atoms with van der Waals surface area (Å²) in [5.74, 6) is 0.649. The Morgan fingerprint density at radius 1 is 1.42 bits per heavy atom. The molecule has 3 nitrogen and oxygen atoms in total. The van der Waals surface area contributed by atoms with E-state index in [0.717, 1.165) is 38.0 Å². The minimum absolute atomic E-state index is 0. The number of amides is 1. The summed E-state index contributed by atoms with van der Waals surface area (Å²) in [6, 6.07) is 8.10. The van der Waals surface area contributed by atoms with Gasteiger partial charge in [0.15, 0.2) is 0 Å². The lowest BCUT2D eigenvalue weighted by atomic mass is 10.0. The molecular formula is C15H23ClN2O. The van der Waals surface area contributed by atoms with Crippen molar-refractivity contribution in [1.82, 2.24) is 5.32 Å². The van der Waals surface area contributed by atoms with Crippen LogP contribution in [0.1, 0.15) is 31.7 Å². The smallest absolute Gasteiger partial charge is 0.224 e. The lowest BCUT2D eigenvalue weighted by molar-refractivity contribution is -0.116. The maximum Gasteiger partial charge on any atom is 0.224 e. The Bertz CT molecular complexity index is 403. The summed E-state index contributed by atoms with van der Waals surface area (Å²) in [7, 11) is 0. The van der Waals surface area contributed by atoms with Crippen molar-refractivity contribution >= 4 is 24.0 Å². The van der Waals surface area contributed by atoms with E-state index in [1.54, 1.807) is 0 Å². The van der Waals surface area contributed by atoms with Gasteiger partial charge in [-0.3, -0.25) is 4.79 Å². The van der Waals surface area contributed by atoms with Gasteiger partial charge in [0.05, 0.1) is 0 Å². The van der Waals surface area contributed by atoms with Crippen LogP contribution in [0.5, 0.6) is 0 Å². The van der Waals surface area contributed by atoms with Crippen LogP contribution in [0, 0.1) is 5.92 Å². The SMILES string of the molecule is CCCc1ccccc1NC(=O)CC1CCNC1.Cl. The number of nitrogens with one attached hydrogen (secondary N) is 2. The first kappa shape index (κ1) is 16.0. The van der Waals surface area contributed by atoms with Crippen LogP contribution < -0.4 is 10.6 Å². The molecule has 0 aromatic heterocycles. The zero-order chi connectivity index (χ0) is 12.8.